The molecular formula is C19H30IN3O2. The Morgan fingerprint density at radius 3 is 2.68 bits per heavy atom. The van der Waals surface area contributed by atoms with Gasteiger partial charge in [-0.3, -0.25) is 4.99 Å². The zero-order valence-electron chi connectivity index (χ0n) is 15.5. The molecule has 1 atom stereocenters. The molecule has 25 heavy (non-hydrogen) atoms. The van der Waals surface area contributed by atoms with E-state index in [4.69, 9.17) is 9.47 Å². The Hall–Kier alpha value is -1.18. The van der Waals surface area contributed by atoms with Crippen LogP contribution in [0.15, 0.2) is 29.3 Å². The van der Waals surface area contributed by atoms with Crippen LogP contribution in [0.5, 0.6) is 11.5 Å². The maximum Gasteiger partial charge on any atom is 0.193 e. The minimum Gasteiger partial charge on any atom is -0.497 e. The highest BCUT2D eigenvalue weighted by Gasteiger charge is 2.43. The third-order valence-electron chi connectivity index (χ3n) is 5.29. The molecule has 0 aromatic heterocycles. The second-order valence-electron chi connectivity index (χ2n) is 7.06. The molecule has 1 saturated heterocycles. The average Bonchev–Trinajstić information content (AvgIpc) is 3.01. The van der Waals surface area contributed by atoms with E-state index < -0.39 is 0 Å². The van der Waals surface area contributed by atoms with E-state index in [0.717, 1.165) is 37.1 Å². The normalized spacial score (nSPS) is 19.8. The summed E-state index contributed by atoms with van der Waals surface area (Å²) in [6, 6.07) is 7.72. The van der Waals surface area contributed by atoms with Crippen LogP contribution in [0.4, 0.5) is 0 Å². The summed E-state index contributed by atoms with van der Waals surface area (Å²) in [5, 5.41) is 3.47. The van der Waals surface area contributed by atoms with Gasteiger partial charge >= 0.3 is 0 Å². The van der Waals surface area contributed by atoms with Gasteiger partial charge in [0, 0.05) is 26.2 Å². The average molecular weight is 459 g/mol. The fraction of sp³-hybridized carbons (Fsp3) is 0.632. The molecular weight excluding hydrogens is 429 g/mol. The van der Waals surface area contributed by atoms with Crippen molar-refractivity contribution in [2.75, 3.05) is 33.8 Å². The van der Waals surface area contributed by atoms with Gasteiger partial charge in [-0.05, 0) is 43.7 Å². The van der Waals surface area contributed by atoms with E-state index in [1.807, 2.05) is 31.3 Å². The van der Waals surface area contributed by atoms with Gasteiger partial charge in [0.25, 0.3) is 0 Å². The standard InChI is InChI=1S/C19H29N3O2.HI/c1-15(24-17-7-4-6-16(12-17)23-3)13-21-18(20-2)22-11-10-19(14-22)8-5-9-19;/h4,6-7,12,15H,5,8-11,13-14H2,1-3H3,(H,20,21);1H. The quantitative estimate of drug-likeness (QED) is 0.416. The molecule has 1 aromatic carbocycles. The maximum absolute atomic E-state index is 5.97. The largest absolute Gasteiger partial charge is 0.497 e. The molecule has 1 N–H and O–H groups in total. The van der Waals surface area contributed by atoms with E-state index in [0.29, 0.717) is 5.41 Å². The number of hydrogen-bond acceptors (Lipinski definition) is 3. The van der Waals surface area contributed by atoms with E-state index in [2.05, 4.69) is 22.1 Å². The smallest absolute Gasteiger partial charge is 0.193 e. The SMILES string of the molecule is CN=C(NCC(C)Oc1cccc(OC)c1)N1CCC2(CCC2)C1.I. The van der Waals surface area contributed by atoms with Crippen LogP contribution >= 0.6 is 24.0 Å². The van der Waals surface area contributed by atoms with Crippen molar-refractivity contribution in [2.45, 2.75) is 38.7 Å². The van der Waals surface area contributed by atoms with Gasteiger partial charge in [-0.25, -0.2) is 0 Å². The number of methoxy groups -OCH3 is 1. The monoisotopic (exact) mass is 459 g/mol. The van der Waals surface area contributed by atoms with Crippen LogP contribution in [0.2, 0.25) is 0 Å². The van der Waals surface area contributed by atoms with Crippen molar-refractivity contribution in [2.24, 2.45) is 10.4 Å². The number of nitrogens with one attached hydrogen (secondary N) is 1. The van der Waals surface area contributed by atoms with Crippen LogP contribution < -0.4 is 14.8 Å². The zero-order valence-corrected chi connectivity index (χ0v) is 17.8. The minimum atomic E-state index is 0. The molecule has 2 fully saturated rings. The second kappa shape index (κ2) is 8.96. The Morgan fingerprint density at radius 2 is 2.08 bits per heavy atom. The van der Waals surface area contributed by atoms with E-state index in [1.54, 1.807) is 7.11 Å². The third kappa shape index (κ3) is 4.92. The lowest BCUT2D eigenvalue weighted by molar-refractivity contribution is 0.151. The Bertz CT molecular complexity index is 590. The van der Waals surface area contributed by atoms with Gasteiger partial charge in [-0.15, -0.1) is 24.0 Å². The first-order valence-corrected chi connectivity index (χ1v) is 8.90. The van der Waals surface area contributed by atoms with E-state index >= 15 is 0 Å². The molecule has 1 saturated carbocycles. The summed E-state index contributed by atoms with van der Waals surface area (Å²) in [6.45, 7) is 5.06. The number of ether oxygens (including phenoxy) is 2. The van der Waals surface area contributed by atoms with E-state index in [-0.39, 0.29) is 30.1 Å². The first kappa shape index (κ1) is 20.1. The molecule has 1 aliphatic carbocycles. The molecule has 1 heterocycles. The number of benzene rings is 1. The highest BCUT2D eigenvalue weighted by atomic mass is 127. The molecule has 140 valence electrons. The maximum atomic E-state index is 5.97. The lowest BCUT2D eigenvalue weighted by atomic mass is 9.68. The number of guanidine groups is 1. The molecule has 3 rings (SSSR count). The van der Waals surface area contributed by atoms with Crippen molar-refractivity contribution in [3.8, 4) is 11.5 Å². The van der Waals surface area contributed by atoms with Gasteiger partial charge < -0.3 is 19.7 Å². The van der Waals surface area contributed by atoms with E-state index in [1.165, 1.54) is 25.7 Å². The molecule has 1 aliphatic heterocycles. The summed E-state index contributed by atoms with van der Waals surface area (Å²) in [5.41, 5.74) is 0.584. The third-order valence-corrected chi connectivity index (χ3v) is 5.29. The summed E-state index contributed by atoms with van der Waals surface area (Å²) >= 11 is 0. The fourth-order valence-corrected chi connectivity index (χ4v) is 3.72. The molecule has 0 bridgehead atoms. The lowest BCUT2D eigenvalue weighted by Crippen LogP contribution is -2.45. The Balaban J connectivity index is 0.00000225. The van der Waals surface area contributed by atoms with Crippen molar-refractivity contribution >= 4 is 29.9 Å². The molecule has 2 aliphatic rings. The van der Waals surface area contributed by atoms with Crippen LogP contribution in [0, 0.1) is 5.41 Å². The van der Waals surface area contributed by atoms with Crippen molar-refractivity contribution in [3.05, 3.63) is 24.3 Å². The van der Waals surface area contributed by atoms with Gasteiger partial charge in [-0.2, -0.15) is 0 Å². The summed E-state index contributed by atoms with van der Waals surface area (Å²) in [5.74, 6) is 2.64. The minimum absolute atomic E-state index is 0. The summed E-state index contributed by atoms with van der Waals surface area (Å²) in [4.78, 5) is 6.86. The Kier molecular flexibility index (Phi) is 7.22. The van der Waals surface area contributed by atoms with Crippen LogP contribution in [-0.2, 0) is 0 Å². The Morgan fingerprint density at radius 1 is 1.32 bits per heavy atom. The first-order chi connectivity index (χ1) is 11.6. The first-order valence-electron chi connectivity index (χ1n) is 8.90. The van der Waals surface area contributed by atoms with Gasteiger partial charge in [0.1, 0.15) is 17.6 Å². The highest BCUT2D eigenvalue weighted by Crippen LogP contribution is 2.47. The second-order valence-corrected chi connectivity index (χ2v) is 7.06. The van der Waals surface area contributed by atoms with Crippen molar-refractivity contribution in [1.82, 2.24) is 10.2 Å². The van der Waals surface area contributed by atoms with Crippen LogP contribution in [-0.4, -0.2) is 50.8 Å². The fourth-order valence-electron chi connectivity index (χ4n) is 3.72. The van der Waals surface area contributed by atoms with Crippen molar-refractivity contribution in [3.63, 3.8) is 0 Å². The number of rotatable bonds is 5. The van der Waals surface area contributed by atoms with Crippen molar-refractivity contribution in [1.29, 1.82) is 0 Å². The predicted molar refractivity (Wildman–Crippen MR) is 112 cm³/mol. The van der Waals surface area contributed by atoms with Gasteiger partial charge in [-0.1, -0.05) is 12.5 Å². The highest BCUT2D eigenvalue weighted by molar-refractivity contribution is 14.0. The number of nitrogens with zero attached hydrogens (tertiary/aromatic N) is 2. The molecule has 0 radical (unpaired) electrons. The molecule has 1 spiro atoms. The topological polar surface area (TPSA) is 46.1 Å². The molecule has 0 amide bonds. The number of aliphatic imine (C=N–C) groups is 1. The molecule has 5 nitrogen and oxygen atoms in total. The molecule has 1 unspecified atom stereocenters. The lowest BCUT2D eigenvalue weighted by Gasteiger charge is -2.38. The predicted octanol–water partition coefficient (Wildman–Crippen LogP) is 3.53. The van der Waals surface area contributed by atoms with Crippen LogP contribution in [0.1, 0.15) is 32.6 Å². The molecule has 1 aromatic rings. The number of hydrogen-bond donors (Lipinski definition) is 1. The zero-order chi connectivity index (χ0) is 17.0. The number of halogens is 1. The van der Waals surface area contributed by atoms with Crippen molar-refractivity contribution < 1.29 is 9.47 Å². The summed E-state index contributed by atoms with van der Waals surface area (Å²) in [7, 11) is 3.53. The van der Waals surface area contributed by atoms with Gasteiger partial charge in [0.15, 0.2) is 5.96 Å². The summed E-state index contributed by atoms with van der Waals surface area (Å²) < 4.78 is 11.2. The number of likely N-dealkylation sites (tertiary alicyclic amines) is 1. The summed E-state index contributed by atoms with van der Waals surface area (Å²) in [6.07, 6.45) is 5.52. The molecule has 6 heteroatoms. The van der Waals surface area contributed by atoms with E-state index in [9.17, 15) is 0 Å². The Labute approximate surface area is 168 Å². The van der Waals surface area contributed by atoms with Crippen LogP contribution in [0.3, 0.4) is 0 Å². The van der Waals surface area contributed by atoms with Gasteiger partial charge in [0.2, 0.25) is 0 Å². The van der Waals surface area contributed by atoms with Crippen LogP contribution in [0.25, 0.3) is 0 Å². The van der Waals surface area contributed by atoms with Gasteiger partial charge in [0.05, 0.1) is 13.7 Å².